The maximum absolute atomic E-state index is 13.5. The monoisotopic (exact) mass is 401 g/mol. The molecule has 158 valence electrons. The van der Waals surface area contributed by atoms with Crippen LogP contribution >= 0.6 is 0 Å². The van der Waals surface area contributed by atoms with Crippen LogP contribution in [-0.4, -0.2) is 84.1 Å². The SMILES string of the molecule is COc1ccc(C2C(C(=O)N3CCCCC3)C[C@H]3CN(CCO)CC(=O)N23)cc1. The lowest BCUT2D eigenvalue weighted by atomic mass is 9.91. The third-order valence-electron chi connectivity index (χ3n) is 6.57. The maximum atomic E-state index is 13.5. The number of methoxy groups -OCH3 is 1. The summed E-state index contributed by atoms with van der Waals surface area (Å²) >= 11 is 0. The molecular weight excluding hydrogens is 370 g/mol. The van der Waals surface area contributed by atoms with Crippen LogP contribution in [0.5, 0.6) is 5.75 Å². The Balaban J connectivity index is 1.64. The molecule has 3 fully saturated rings. The Bertz CT molecular complexity index is 732. The predicted octanol–water partition coefficient (Wildman–Crippen LogP) is 1.27. The average Bonchev–Trinajstić information content (AvgIpc) is 3.14. The van der Waals surface area contributed by atoms with Gasteiger partial charge in [-0.2, -0.15) is 0 Å². The summed E-state index contributed by atoms with van der Waals surface area (Å²) in [5, 5.41) is 9.30. The Hall–Kier alpha value is -2.12. The van der Waals surface area contributed by atoms with Crippen LogP contribution in [0.4, 0.5) is 0 Å². The normalized spacial score (nSPS) is 27.8. The number of aliphatic hydroxyl groups is 1. The Kier molecular flexibility index (Phi) is 6.06. The zero-order valence-electron chi connectivity index (χ0n) is 17.1. The van der Waals surface area contributed by atoms with Gasteiger partial charge in [0.1, 0.15) is 5.75 Å². The summed E-state index contributed by atoms with van der Waals surface area (Å²) in [6, 6.07) is 7.54. The number of likely N-dealkylation sites (tertiary alicyclic amines) is 1. The minimum Gasteiger partial charge on any atom is -0.497 e. The van der Waals surface area contributed by atoms with E-state index in [1.807, 2.05) is 39.0 Å². The number of β-amino-alcohol motifs (C(OH)–C–C–N with tert-alkyl or cyclic N) is 1. The highest BCUT2D eigenvalue weighted by atomic mass is 16.5. The Morgan fingerprint density at radius 2 is 1.90 bits per heavy atom. The standard InChI is InChI=1S/C22H31N3O4/c1-29-18-7-5-16(6-8-18)21-19(22(28)24-9-3-2-4-10-24)13-17-14-23(11-12-26)15-20(27)25(17)21/h5-8,17,19,21,26H,2-4,9-15H2,1H3/t17-,19?,21?/m0/s1. The van der Waals surface area contributed by atoms with E-state index < -0.39 is 0 Å². The van der Waals surface area contributed by atoms with Gasteiger partial charge in [-0.25, -0.2) is 0 Å². The average molecular weight is 402 g/mol. The number of nitrogens with zero attached hydrogens (tertiary/aromatic N) is 3. The van der Waals surface area contributed by atoms with Gasteiger partial charge in [0.2, 0.25) is 11.8 Å². The van der Waals surface area contributed by atoms with Crippen molar-refractivity contribution in [3.63, 3.8) is 0 Å². The van der Waals surface area contributed by atoms with E-state index in [-0.39, 0.29) is 36.4 Å². The molecule has 3 atom stereocenters. The summed E-state index contributed by atoms with van der Waals surface area (Å²) in [6.45, 7) is 3.18. The second-order valence-corrected chi connectivity index (χ2v) is 8.36. The van der Waals surface area contributed by atoms with Gasteiger partial charge in [0.05, 0.1) is 32.2 Å². The molecule has 3 aliphatic heterocycles. The molecule has 7 heteroatoms. The van der Waals surface area contributed by atoms with Crippen LogP contribution in [0.25, 0.3) is 0 Å². The van der Waals surface area contributed by atoms with Gasteiger partial charge < -0.3 is 19.6 Å². The van der Waals surface area contributed by atoms with Crippen LogP contribution < -0.4 is 4.74 Å². The lowest BCUT2D eigenvalue weighted by molar-refractivity contribution is -0.142. The van der Waals surface area contributed by atoms with Crippen molar-refractivity contribution in [1.82, 2.24) is 14.7 Å². The Morgan fingerprint density at radius 1 is 1.17 bits per heavy atom. The molecule has 0 saturated carbocycles. The molecule has 1 aromatic rings. The van der Waals surface area contributed by atoms with Gasteiger partial charge in [0.25, 0.3) is 0 Å². The summed E-state index contributed by atoms with van der Waals surface area (Å²) < 4.78 is 5.28. The number of fused-ring (bicyclic) bond motifs is 1. The Labute approximate surface area is 172 Å². The van der Waals surface area contributed by atoms with Crippen LogP contribution in [0, 0.1) is 5.92 Å². The molecule has 3 heterocycles. The number of benzene rings is 1. The maximum Gasteiger partial charge on any atom is 0.237 e. The van der Waals surface area contributed by atoms with Crippen molar-refractivity contribution >= 4 is 11.8 Å². The highest BCUT2D eigenvalue weighted by molar-refractivity contribution is 5.85. The smallest absolute Gasteiger partial charge is 0.237 e. The van der Waals surface area contributed by atoms with E-state index in [0.29, 0.717) is 26.1 Å². The molecule has 7 nitrogen and oxygen atoms in total. The molecule has 3 aliphatic rings. The highest BCUT2D eigenvalue weighted by Gasteiger charge is 2.50. The summed E-state index contributed by atoms with van der Waals surface area (Å²) in [7, 11) is 1.63. The molecule has 0 aliphatic carbocycles. The zero-order valence-corrected chi connectivity index (χ0v) is 17.1. The van der Waals surface area contributed by atoms with Crippen LogP contribution in [-0.2, 0) is 9.59 Å². The van der Waals surface area contributed by atoms with E-state index >= 15 is 0 Å². The number of piperazine rings is 1. The minimum absolute atomic E-state index is 0.00800. The first-order valence-corrected chi connectivity index (χ1v) is 10.7. The second-order valence-electron chi connectivity index (χ2n) is 8.36. The molecule has 2 amide bonds. The number of aliphatic hydroxyl groups excluding tert-OH is 1. The molecule has 0 aromatic heterocycles. The van der Waals surface area contributed by atoms with E-state index in [2.05, 4.69) is 0 Å². The van der Waals surface area contributed by atoms with E-state index in [4.69, 9.17) is 4.74 Å². The minimum atomic E-state index is -0.232. The van der Waals surface area contributed by atoms with E-state index in [0.717, 1.165) is 37.2 Å². The molecule has 0 bridgehead atoms. The van der Waals surface area contributed by atoms with E-state index in [9.17, 15) is 14.7 Å². The van der Waals surface area contributed by atoms with Crippen molar-refractivity contribution in [3.8, 4) is 5.75 Å². The van der Waals surface area contributed by atoms with Crippen molar-refractivity contribution in [1.29, 1.82) is 0 Å². The van der Waals surface area contributed by atoms with Gasteiger partial charge in [-0.15, -0.1) is 0 Å². The van der Waals surface area contributed by atoms with Crippen LogP contribution in [0.2, 0.25) is 0 Å². The number of piperidine rings is 1. The first-order valence-electron chi connectivity index (χ1n) is 10.7. The van der Waals surface area contributed by atoms with Gasteiger partial charge in [0, 0.05) is 32.2 Å². The molecule has 0 spiro atoms. The topological polar surface area (TPSA) is 73.3 Å². The second kappa shape index (κ2) is 8.71. The van der Waals surface area contributed by atoms with Gasteiger partial charge >= 0.3 is 0 Å². The van der Waals surface area contributed by atoms with Crippen LogP contribution in [0.1, 0.15) is 37.3 Å². The third kappa shape index (κ3) is 3.98. The number of hydrogen-bond acceptors (Lipinski definition) is 5. The molecule has 4 rings (SSSR count). The van der Waals surface area contributed by atoms with E-state index in [1.54, 1.807) is 7.11 Å². The van der Waals surface area contributed by atoms with Crippen molar-refractivity contribution in [2.45, 2.75) is 37.8 Å². The summed E-state index contributed by atoms with van der Waals surface area (Å²) in [4.78, 5) is 32.5. The molecule has 2 unspecified atom stereocenters. The van der Waals surface area contributed by atoms with Gasteiger partial charge in [0.15, 0.2) is 0 Å². The molecular formula is C22H31N3O4. The van der Waals surface area contributed by atoms with Crippen molar-refractivity contribution < 1.29 is 19.4 Å². The number of carbonyl (C=O) groups excluding carboxylic acids is 2. The zero-order chi connectivity index (χ0) is 20.4. The summed E-state index contributed by atoms with van der Waals surface area (Å²) in [5.74, 6) is 0.775. The number of rotatable bonds is 5. The highest BCUT2D eigenvalue weighted by Crippen LogP contribution is 2.44. The first kappa shape index (κ1) is 20.2. The lowest BCUT2D eigenvalue weighted by Gasteiger charge is -2.40. The van der Waals surface area contributed by atoms with Crippen molar-refractivity contribution in [3.05, 3.63) is 29.8 Å². The largest absolute Gasteiger partial charge is 0.497 e. The number of ether oxygens (including phenoxy) is 1. The molecule has 1 N–H and O–H groups in total. The quantitative estimate of drug-likeness (QED) is 0.805. The third-order valence-corrected chi connectivity index (χ3v) is 6.57. The first-order chi connectivity index (χ1) is 14.1. The molecule has 0 radical (unpaired) electrons. The number of carbonyl (C=O) groups is 2. The molecule has 1 aromatic carbocycles. The number of amides is 2. The summed E-state index contributed by atoms with van der Waals surface area (Å²) in [6.07, 6.45) is 3.98. The van der Waals surface area contributed by atoms with Crippen LogP contribution in [0.3, 0.4) is 0 Å². The molecule has 29 heavy (non-hydrogen) atoms. The van der Waals surface area contributed by atoms with Gasteiger partial charge in [-0.1, -0.05) is 12.1 Å². The molecule has 3 saturated heterocycles. The Morgan fingerprint density at radius 3 is 2.55 bits per heavy atom. The van der Waals surface area contributed by atoms with Gasteiger partial charge in [-0.3, -0.25) is 14.5 Å². The summed E-state index contributed by atoms with van der Waals surface area (Å²) in [5.41, 5.74) is 0.993. The van der Waals surface area contributed by atoms with Crippen molar-refractivity contribution in [2.24, 2.45) is 5.92 Å². The van der Waals surface area contributed by atoms with Crippen LogP contribution in [0.15, 0.2) is 24.3 Å². The van der Waals surface area contributed by atoms with Crippen molar-refractivity contribution in [2.75, 3.05) is 46.4 Å². The number of hydrogen-bond donors (Lipinski definition) is 1. The fourth-order valence-electron chi connectivity index (χ4n) is 5.20. The fourth-order valence-corrected chi connectivity index (χ4v) is 5.20. The lowest BCUT2D eigenvalue weighted by Crippen LogP contribution is -2.54. The fraction of sp³-hybridized carbons (Fsp3) is 0.636. The predicted molar refractivity (Wildman–Crippen MR) is 108 cm³/mol. The van der Waals surface area contributed by atoms with Gasteiger partial charge in [-0.05, 0) is 43.4 Å². The van der Waals surface area contributed by atoms with E-state index in [1.165, 1.54) is 6.42 Å².